The molecule has 0 atom stereocenters. The Morgan fingerprint density at radius 1 is 1.25 bits per heavy atom. The van der Waals surface area contributed by atoms with Crippen molar-refractivity contribution in [1.82, 2.24) is 10.2 Å². The molecular weight excluding hydrogens is 270 g/mol. The van der Waals surface area contributed by atoms with E-state index in [1.54, 1.807) is 11.8 Å². The summed E-state index contributed by atoms with van der Waals surface area (Å²) in [5.74, 6) is 1.88. The predicted octanol–water partition coefficient (Wildman–Crippen LogP) is 3.21. The highest BCUT2D eigenvalue weighted by molar-refractivity contribution is 7.99. The maximum atomic E-state index is 11.8. The van der Waals surface area contributed by atoms with E-state index < -0.39 is 0 Å². The van der Waals surface area contributed by atoms with E-state index in [4.69, 9.17) is 0 Å². The molecule has 4 nitrogen and oxygen atoms in total. The minimum absolute atomic E-state index is 0.0169. The molecule has 0 unspecified atom stereocenters. The summed E-state index contributed by atoms with van der Waals surface area (Å²) < 4.78 is 0. The second-order valence-corrected chi connectivity index (χ2v) is 5.83. The number of carbonyl (C=O) groups is 1. The van der Waals surface area contributed by atoms with Crippen LogP contribution in [0.4, 0.5) is 5.82 Å². The number of thioether (sulfide) groups is 1. The second-order valence-electron chi connectivity index (χ2n) is 4.85. The standard InChI is InChI=1S/C15H19N3OS/c1-10-4-6-13(7-5-10)8-20-9-14(19)16-15-11(2)12(3)17-18-15/h4-7H,8-9H2,1-3H3,(H2,16,17,18,19). The summed E-state index contributed by atoms with van der Waals surface area (Å²) in [5.41, 5.74) is 4.45. The van der Waals surface area contributed by atoms with Gasteiger partial charge < -0.3 is 5.32 Å². The van der Waals surface area contributed by atoms with Crippen molar-refractivity contribution >= 4 is 23.5 Å². The molecule has 0 radical (unpaired) electrons. The van der Waals surface area contributed by atoms with E-state index in [0.29, 0.717) is 11.6 Å². The number of nitrogens with one attached hydrogen (secondary N) is 2. The van der Waals surface area contributed by atoms with Gasteiger partial charge in [0.15, 0.2) is 5.82 Å². The van der Waals surface area contributed by atoms with Crippen molar-refractivity contribution in [2.24, 2.45) is 0 Å². The van der Waals surface area contributed by atoms with E-state index in [0.717, 1.165) is 17.0 Å². The summed E-state index contributed by atoms with van der Waals surface area (Å²) in [6.07, 6.45) is 0. The van der Waals surface area contributed by atoms with Gasteiger partial charge in [-0.05, 0) is 26.3 Å². The maximum Gasteiger partial charge on any atom is 0.235 e. The molecule has 106 valence electrons. The fourth-order valence-electron chi connectivity index (χ4n) is 1.72. The first-order chi connectivity index (χ1) is 9.56. The van der Waals surface area contributed by atoms with Crippen molar-refractivity contribution in [2.75, 3.05) is 11.1 Å². The molecule has 20 heavy (non-hydrogen) atoms. The van der Waals surface area contributed by atoms with Crippen molar-refractivity contribution in [3.8, 4) is 0 Å². The van der Waals surface area contributed by atoms with Gasteiger partial charge >= 0.3 is 0 Å². The van der Waals surface area contributed by atoms with Crippen LogP contribution in [0.2, 0.25) is 0 Å². The third-order valence-corrected chi connectivity index (χ3v) is 4.14. The predicted molar refractivity (Wildman–Crippen MR) is 84.0 cm³/mol. The normalized spacial score (nSPS) is 10.6. The van der Waals surface area contributed by atoms with E-state index in [2.05, 4.69) is 46.7 Å². The molecule has 1 amide bonds. The molecule has 2 aromatic rings. The van der Waals surface area contributed by atoms with Crippen LogP contribution in [-0.2, 0) is 10.5 Å². The summed E-state index contributed by atoms with van der Waals surface area (Å²) in [5, 5.41) is 9.75. The van der Waals surface area contributed by atoms with Crippen molar-refractivity contribution in [3.63, 3.8) is 0 Å². The van der Waals surface area contributed by atoms with Crippen LogP contribution in [-0.4, -0.2) is 21.9 Å². The third kappa shape index (κ3) is 3.87. The molecular formula is C15H19N3OS. The van der Waals surface area contributed by atoms with E-state index in [9.17, 15) is 4.79 Å². The number of anilines is 1. The quantitative estimate of drug-likeness (QED) is 0.888. The van der Waals surface area contributed by atoms with Crippen LogP contribution in [0.3, 0.4) is 0 Å². The number of carbonyl (C=O) groups excluding carboxylic acids is 1. The van der Waals surface area contributed by atoms with Crippen molar-refractivity contribution in [3.05, 3.63) is 46.6 Å². The van der Waals surface area contributed by atoms with Crippen molar-refractivity contribution in [2.45, 2.75) is 26.5 Å². The number of benzene rings is 1. The Labute approximate surface area is 123 Å². The first-order valence-electron chi connectivity index (χ1n) is 6.51. The Bertz CT molecular complexity index is 590. The van der Waals surface area contributed by atoms with Gasteiger partial charge in [0, 0.05) is 17.0 Å². The van der Waals surface area contributed by atoms with Gasteiger partial charge in [-0.3, -0.25) is 9.89 Å². The van der Waals surface area contributed by atoms with Gasteiger partial charge in [-0.1, -0.05) is 29.8 Å². The molecule has 0 aliphatic rings. The zero-order chi connectivity index (χ0) is 14.5. The average Bonchev–Trinajstić information content (AvgIpc) is 2.73. The van der Waals surface area contributed by atoms with Crippen molar-refractivity contribution in [1.29, 1.82) is 0 Å². The fourth-order valence-corrected chi connectivity index (χ4v) is 2.51. The highest BCUT2D eigenvalue weighted by Crippen LogP contribution is 2.16. The van der Waals surface area contributed by atoms with Crippen LogP contribution in [0, 0.1) is 20.8 Å². The molecule has 2 N–H and O–H groups in total. The molecule has 1 heterocycles. The zero-order valence-electron chi connectivity index (χ0n) is 12.0. The third-order valence-electron chi connectivity index (χ3n) is 3.13. The van der Waals surface area contributed by atoms with Crippen LogP contribution in [0.5, 0.6) is 0 Å². The molecule has 0 saturated heterocycles. The van der Waals surface area contributed by atoms with E-state index in [1.165, 1.54) is 11.1 Å². The molecule has 0 aliphatic carbocycles. The van der Waals surface area contributed by atoms with Gasteiger partial charge in [0.05, 0.1) is 5.75 Å². The summed E-state index contributed by atoms with van der Waals surface area (Å²) in [7, 11) is 0. The lowest BCUT2D eigenvalue weighted by Crippen LogP contribution is -2.15. The number of aryl methyl sites for hydroxylation is 2. The van der Waals surface area contributed by atoms with Gasteiger partial charge in [0.1, 0.15) is 0 Å². The SMILES string of the molecule is Cc1ccc(CSCC(=O)Nc2n[nH]c(C)c2C)cc1. The summed E-state index contributed by atoms with van der Waals surface area (Å²) in [4.78, 5) is 11.8. The molecule has 1 aromatic heterocycles. The smallest absolute Gasteiger partial charge is 0.235 e. The van der Waals surface area contributed by atoms with E-state index in [-0.39, 0.29) is 5.91 Å². The summed E-state index contributed by atoms with van der Waals surface area (Å²) >= 11 is 1.60. The Morgan fingerprint density at radius 3 is 2.55 bits per heavy atom. The lowest BCUT2D eigenvalue weighted by Gasteiger charge is -2.04. The van der Waals surface area contributed by atoms with Gasteiger partial charge in [-0.25, -0.2) is 0 Å². The van der Waals surface area contributed by atoms with E-state index >= 15 is 0 Å². The highest BCUT2D eigenvalue weighted by atomic mass is 32.2. The van der Waals surface area contributed by atoms with E-state index in [1.807, 2.05) is 13.8 Å². The number of rotatable bonds is 5. The molecule has 0 spiro atoms. The minimum Gasteiger partial charge on any atom is -0.308 e. The Balaban J connectivity index is 1.78. The number of H-pyrrole nitrogens is 1. The molecule has 0 fully saturated rings. The van der Waals surface area contributed by atoms with Crippen molar-refractivity contribution < 1.29 is 4.79 Å². The van der Waals surface area contributed by atoms with Gasteiger partial charge in [0.25, 0.3) is 0 Å². The minimum atomic E-state index is -0.0169. The van der Waals surface area contributed by atoms with Crippen LogP contribution >= 0.6 is 11.8 Å². The lowest BCUT2D eigenvalue weighted by molar-refractivity contribution is -0.113. The monoisotopic (exact) mass is 289 g/mol. The largest absolute Gasteiger partial charge is 0.308 e. The first-order valence-corrected chi connectivity index (χ1v) is 7.66. The molecule has 0 saturated carbocycles. The number of aromatic amines is 1. The van der Waals surface area contributed by atoms with Crippen LogP contribution in [0.1, 0.15) is 22.4 Å². The van der Waals surface area contributed by atoms with Crippen LogP contribution < -0.4 is 5.32 Å². The number of aromatic nitrogens is 2. The average molecular weight is 289 g/mol. The Kier molecular flexibility index (Phi) is 4.84. The summed E-state index contributed by atoms with van der Waals surface area (Å²) in [6.45, 7) is 5.94. The molecule has 0 aliphatic heterocycles. The molecule has 2 rings (SSSR count). The topological polar surface area (TPSA) is 57.8 Å². The summed E-state index contributed by atoms with van der Waals surface area (Å²) in [6, 6.07) is 8.38. The number of hydrogen-bond acceptors (Lipinski definition) is 3. The van der Waals surface area contributed by atoms with Gasteiger partial charge in [0.2, 0.25) is 5.91 Å². The Morgan fingerprint density at radius 2 is 1.95 bits per heavy atom. The number of amides is 1. The number of hydrogen-bond donors (Lipinski definition) is 2. The van der Waals surface area contributed by atoms with Crippen LogP contribution in [0.25, 0.3) is 0 Å². The maximum absolute atomic E-state index is 11.8. The van der Waals surface area contributed by atoms with Gasteiger partial charge in [-0.2, -0.15) is 5.10 Å². The number of nitrogens with zero attached hydrogens (tertiary/aromatic N) is 1. The zero-order valence-corrected chi connectivity index (χ0v) is 12.8. The highest BCUT2D eigenvalue weighted by Gasteiger charge is 2.09. The van der Waals surface area contributed by atoms with Crippen LogP contribution in [0.15, 0.2) is 24.3 Å². The molecule has 0 bridgehead atoms. The lowest BCUT2D eigenvalue weighted by atomic mass is 10.2. The molecule has 5 heteroatoms. The Hall–Kier alpha value is -1.75. The second kappa shape index (κ2) is 6.61. The fraction of sp³-hybridized carbons (Fsp3) is 0.333. The first kappa shape index (κ1) is 14.7. The molecule has 1 aromatic carbocycles. The van der Waals surface area contributed by atoms with Gasteiger partial charge in [-0.15, -0.1) is 11.8 Å².